The Morgan fingerprint density at radius 2 is 1.77 bits per heavy atom. The maximum absolute atomic E-state index is 9.13. The molecule has 0 aromatic heterocycles. The van der Waals surface area contributed by atoms with Gasteiger partial charge in [0.25, 0.3) is 0 Å². The fourth-order valence-electron chi connectivity index (χ4n) is 1.38. The lowest BCUT2D eigenvalue weighted by molar-refractivity contribution is 0.182. The van der Waals surface area contributed by atoms with Gasteiger partial charge in [-0.15, -0.1) is 0 Å². The molecule has 0 unspecified atom stereocenters. The molecule has 13 heavy (non-hydrogen) atoms. The minimum absolute atomic E-state index is 0.231. The van der Waals surface area contributed by atoms with Crippen molar-refractivity contribution in [2.24, 2.45) is 5.92 Å². The molecule has 2 N–H and O–H groups in total. The number of nitrogens with one attached hydrogen (secondary N) is 1. The van der Waals surface area contributed by atoms with Crippen molar-refractivity contribution >= 4 is 0 Å². The average Bonchev–Trinajstić information content (AvgIpc) is 2.11. The summed E-state index contributed by atoms with van der Waals surface area (Å²) in [7, 11) is 0. The maximum atomic E-state index is 9.13. The molecule has 0 aromatic rings. The lowest BCUT2D eigenvalue weighted by Crippen LogP contribution is -2.35. The molecule has 0 spiro atoms. The number of hydrogen-bond acceptors (Lipinski definition) is 2. The lowest BCUT2D eigenvalue weighted by atomic mass is 9.98. The Morgan fingerprint density at radius 1 is 1.15 bits per heavy atom. The zero-order valence-electron chi connectivity index (χ0n) is 9.51. The molecule has 0 aliphatic rings. The van der Waals surface area contributed by atoms with Crippen molar-refractivity contribution in [3.8, 4) is 0 Å². The SMILES string of the molecule is CC[C@@H](C)C[C@@H](CC)NC[C@@H](C)O. The second kappa shape index (κ2) is 7.34. The number of hydrogen-bond donors (Lipinski definition) is 2. The van der Waals surface area contributed by atoms with Crippen LogP contribution in [0.25, 0.3) is 0 Å². The van der Waals surface area contributed by atoms with Crippen LogP contribution in [0.3, 0.4) is 0 Å². The monoisotopic (exact) mass is 187 g/mol. The third-order valence-corrected chi connectivity index (χ3v) is 2.58. The Labute approximate surface area is 82.7 Å². The van der Waals surface area contributed by atoms with E-state index in [1.165, 1.54) is 12.8 Å². The molecule has 0 saturated carbocycles. The van der Waals surface area contributed by atoms with Crippen molar-refractivity contribution < 1.29 is 5.11 Å². The maximum Gasteiger partial charge on any atom is 0.0636 e. The van der Waals surface area contributed by atoms with Crippen molar-refractivity contribution in [3.63, 3.8) is 0 Å². The summed E-state index contributed by atoms with van der Waals surface area (Å²) in [5.74, 6) is 0.784. The third kappa shape index (κ3) is 7.03. The quantitative estimate of drug-likeness (QED) is 0.640. The van der Waals surface area contributed by atoms with Crippen molar-refractivity contribution in [3.05, 3.63) is 0 Å². The highest BCUT2D eigenvalue weighted by Crippen LogP contribution is 2.11. The van der Waals surface area contributed by atoms with Crippen molar-refractivity contribution in [2.75, 3.05) is 6.54 Å². The normalized spacial score (nSPS) is 18.2. The minimum atomic E-state index is -0.231. The fraction of sp³-hybridized carbons (Fsp3) is 1.00. The van der Waals surface area contributed by atoms with E-state index in [-0.39, 0.29) is 6.10 Å². The van der Waals surface area contributed by atoms with Gasteiger partial charge in [0.1, 0.15) is 0 Å². The molecule has 0 bridgehead atoms. The Morgan fingerprint density at radius 3 is 2.15 bits per heavy atom. The van der Waals surface area contributed by atoms with Gasteiger partial charge in [-0.3, -0.25) is 0 Å². The van der Waals surface area contributed by atoms with E-state index < -0.39 is 0 Å². The molecule has 0 aromatic carbocycles. The van der Waals surface area contributed by atoms with Crippen molar-refractivity contribution in [2.45, 2.75) is 59.1 Å². The van der Waals surface area contributed by atoms with E-state index in [1.54, 1.807) is 0 Å². The van der Waals surface area contributed by atoms with Crippen molar-refractivity contribution in [1.29, 1.82) is 0 Å². The number of aliphatic hydroxyl groups excluding tert-OH is 1. The largest absolute Gasteiger partial charge is 0.392 e. The highest BCUT2D eigenvalue weighted by atomic mass is 16.3. The van der Waals surface area contributed by atoms with Crippen LogP contribution in [0.5, 0.6) is 0 Å². The van der Waals surface area contributed by atoms with E-state index in [0.717, 1.165) is 18.9 Å². The summed E-state index contributed by atoms with van der Waals surface area (Å²) in [6.07, 6.45) is 3.38. The molecule has 80 valence electrons. The van der Waals surface area contributed by atoms with Gasteiger partial charge in [0.05, 0.1) is 6.10 Å². The predicted octanol–water partition coefficient (Wildman–Crippen LogP) is 2.17. The number of rotatable bonds is 7. The minimum Gasteiger partial charge on any atom is -0.392 e. The summed E-state index contributed by atoms with van der Waals surface area (Å²) in [5, 5.41) is 12.5. The van der Waals surface area contributed by atoms with Gasteiger partial charge < -0.3 is 10.4 Å². The Hall–Kier alpha value is -0.0800. The standard InChI is InChI=1S/C11H25NO/c1-5-9(3)7-11(6-2)12-8-10(4)13/h9-13H,5-8H2,1-4H3/t9-,10-,11-/m1/s1. The van der Waals surface area contributed by atoms with Gasteiger partial charge in [0.15, 0.2) is 0 Å². The van der Waals surface area contributed by atoms with E-state index >= 15 is 0 Å². The van der Waals surface area contributed by atoms with Gasteiger partial charge in [-0.25, -0.2) is 0 Å². The molecule has 3 atom stereocenters. The van der Waals surface area contributed by atoms with Crippen molar-refractivity contribution in [1.82, 2.24) is 5.32 Å². The van der Waals surface area contributed by atoms with Gasteiger partial charge in [0, 0.05) is 12.6 Å². The molecule has 0 saturated heterocycles. The van der Waals surface area contributed by atoms with Gasteiger partial charge >= 0.3 is 0 Å². The van der Waals surface area contributed by atoms with E-state index in [4.69, 9.17) is 5.11 Å². The summed E-state index contributed by atoms with van der Waals surface area (Å²) in [5.41, 5.74) is 0. The van der Waals surface area contributed by atoms with Crippen LogP contribution >= 0.6 is 0 Å². The third-order valence-electron chi connectivity index (χ3n) is 2.58. The first-order chi connectivity index (χ1) is 6.10. The van der Waals surface area contributed by atoms with Gasteiger partial charge in [0.2, 0.25) is 0 Å². The Kier molecular flexibility index (Phi) is 7.29. The topological polar surface area (TPSA) is 32.3 Å². The van der Waals surface area contributed by atoms with Crippen LogP contribution in [0.15, 0.2) is 0 Å². The van der Waals surface area contributed by atoms with Crippen LogP contribution in [0, 0.1) is 5.92 Å². The Balaban J connectivity index is 3.62. The fourth-order valence-corrected chi connectivity index (χ4v) is 1.38. The molecule has 0 radical (unpaired) electrons. The molecule has 0 aliphatic carbocycles. The molecule has 0 heterocycles. The summed E-state index contributed by atoms with van der Waals surface area (Å²) in [6.45, 7) is 9.25. The van der Waals surface area contributed by atoms with Crippen LogP contribution in [0.1, 0.15) is 47.0 Å². The zero-order valence-corrected chi connectivity index (χ0v) is 9.51. The van der Waals surface area contributed by atoms with Crippen LogP contribution in [-0.2, 0) is 0 Å². The summed E-state index contributed by atoms with van der Waals surface area (Å²) < 4.78 is 0. The first-order valence-corrected chi connectivity index (χ1v) is 5.51. The van der Waals surface area contributed by atoms with E-state index in [0.29, 0.717) is 6.04 Å². The zero-order chi connectivity index (χ0) is 10.3. The first-order valence-electron chi connectivity index (χ1n) is 5.51. The summed E-state index contributed by atoms with van der Waals surface area (Å²) >= 11 is 0. The number of aliphatic hydroxyl groups is 1. The molecule has 0 amide bonds. The van der Waals surface area contributed by atoms with Crippen LogP contribution in [-0.4, -0.2) is 23.8 Å². The van der Waals surface area contributed by atoms with Crippen LogP contribution in [0.4, 0.5) is 0 Å². The summed E-state index contributed by atoms with van der Waals surface area (Å²) in [4.78, 5) is 0. The van der Waals surface area contributed by atoms with Crippen LogP contribution in [0.2, 0.25) is 0 Å². The smallest absolute Gasteiger partial charge is 0.0636 e. The highest BCUT2D eigenvalue weighted by Gasteiger charge is 2.10. The predicted molar refractivity (Wildman–Crippen MR) is 57.8 cm³/mol. The van der Waals surface area contributed by atoms with Crippen LogP contribution < -0.4 is 5.32 Å². The molecule has 0 fully saturated rings. The molecule has 0 aliphatic heterocycles. The van der Waals surface area contributed by atoms with Gasteiger partial charge in [-0.2, -0.15) is 0 Å². The second-order valence-corrected chi connectivity index (χ2v) is 4.11. The molecular formula is C11H25NO. The molecule has 2 heteroatoms. The van der Waals surface area contributed by atoms with Gasteiger partial charge in [-0.1, -0.05) is 27.2 Å². The highest BCUT2D eigenvalue weighted by molar-refractivity contribution is 4.69. The van der Waals surface area contributed by atoms with Gasteiger partial charge in [-0.05, 0) is 25.7 Å². The Bertz CT molecular complexity index is 115. The molecule has 0 rings (SSSR count). The van der Waals surface area contributed by atoms with E-state index in [9.17, 15) is 0 Å². The van der Waals surface area contributed by atoms with E-state index in [2.05, 4.69) is 26.1 Å². The second-order valence-electron chi connectivity index (χ2n) is 4.11. The summed E-state index contributed by atoms with van der Waals surface area (Å²) in [6, 6.07) is 0.574. The lowest BCUT2D eigenvalue weighted by Gasteiger charge is -2.21. The average molecular weight is 187 g/mol. The molecule has 2 nitrogen and oxygen atoms in total. The van der Waals surface area contributed by atoms with E-state index in [1.807, 2.05) is 6.92 Å². The molecular weight excluding hydrogens is 162 g/mol. The first kappa shape index (κ1) is 12.9.